The van der Waals surface area contributed by atoms with Crippen LogP contribution in [0.15, 0.2) is 23.0 Å². The molecular formula is C13H20N2O4. The SMILES string of the molecule is CN(CC(C)(C)O)C(=O)CCNC(=O)c1ccoc1. The lowest BCUT2D eigenvalue weighted by molar-refractivity contribution is -0.132. The van der Waals surface area contributed by atoms with Crippen LogP contribution in [-0.2, 0) is 4.79 Å². The van der Waals surface area contributed by atoms with Gasteiger partial charge in [-0.25, -0.2) is 0 Å². The lowest BCUT2D eigenvalue weighted by Crippen LogP contribution is -2.40. The molecule has 6 nitrogen and oxygen atoms in total. The van der Waals surface area contributed by atoms with E-state index in [2.05, 4.69) is 5.32 Å². The van der Waals surface area contributed by atoms with E-state index >= 15 is 0 Å². The van der Waals surface area contributed by atoms with Gasteiger partial charge in [0.15, 0.2) is 0 Å². The van der Waals surface area contributed by atoms with Gasteiger partial charge in [-0.3, -0.25) is 9.59 Å². The smallest absolute Gasteiger partial charge is 0.254 e. The number of hydrogen-bond donors (Lipinski definition) is 2. The van der Waals surface area contributed by atoms with Crippen molar-refractivity contribution in [2.75, 3.05) is 20.1 Å². The van der Waals surface area contributed by atoms with Crippen molar-refractivity contribution in [3.63, 3.8) is 0 Å². The van der Waals surface area contributed by atoms with Crippen LogP contribution >= 0.6 is 0 Å². The molecule has 0 saturated carbocycles. The molecule has 106 valence electrons. The molecule has 0 radical (unpaired) electrons. The number of amides is 2. The van der Waals surface area contributed by atoms with Gasteiger partial charge >= 0.3 is 0 Å². The molecule has 2 N–H and O–H groups in total. The van der Waals surface area contributed by atoms with E-state index in [-0.39, 0.29) is 31.3 Å². The van der Waals surface area contributed by atoms with E-state index < -0.39 is 5.60 Å². The second-order valence-electron chi connectivity index (χ2n) is 5.08. The van der Waals surface area contributed by atoms with Crippen LogP contribution in [0, 0.1) is 0 Å². The van der Waals surface area contributed by atoms with Crippen LogP contribution < -0.4 is 5.32 Å². The topological polar surface area (TPSA) is 82.8 Å². The molecule has 0 bridgehead atoms. The first-order valence-corrected chi connectivity index (χ1v) is 6.06. The van der Waals surface area contributed by atoms with Gasteiger partial charge in [0.1, 0.15) is 6.26 Å². The van der Waals surface area contributed by atoms with Gasteiger partial charge < -0.3 is 19.7 Å². The van der Waals surface area contributed by atoms with Crippen molar-refractivity contribution >= 4 is 11.8 Å². The predicted octanol–water partition coefficient (Wildman–Crippen LogP) is 0.629. The summed E-state index contributed by atoms with van der Waals surface area (Å²) in [5.41, 5.74) is -0.498. The highest BCUT2D eigenvalue weighted by Gasteiger charge is 2.19. The molecule has 0 fully saturated rings. The van der Waals surface area contributed by atoms with Gasteiger partial charge in [0.05, 0.1) is 17.4 Å². The molecule has 1 heterocycles. The molecule has 0 aliphatic carbocycles. The summed E-state index contributed by atoms with van der Waals surface area (Å²) in [6.45, 7) is 3.77. The summed E-state index contributed by atoms with van der Waals surface area (Å²) < 4.78 is 4.79. The number of aliphatic hydroxyl groups is 1. The predicted molar refractivity (Wildman–Crippen MR) is 69.6 cm³/mol. The Morgan fingerprint density at radius 1 is 1.47 bits per heavy atom. The normalized spacial score (nSPS) is 11.2. The molecule has 19 heavy (non-hydrogen) atoms. The first-order valence-electron chi connectivity index (χ1n) is 6.06. The molecule has 1 aromatic rings. The van der Waals surface area contributed by atoms with E-state index in [0.717, 1.165) is 0 Å². The third kappa shape index (κ3) is 5.56. The van der Waals surface area contributed by atoms with Gasteiger partial charge in [0.2, 0.25) is 5.91 Å². The number of carbonyl (C=O) groups excluding carboxylic acids is 2. The Labute approximate surface area is 112 Å². The molecule has 1 rings (SSSR count). The van der Waals surface area contributed by atoms with Crippen molar-refractivity contribution in [3.8, 4) is 0 Å². The molecular weight excluding hydrogens is 248 g/mol. The molecule has 6 heteroatoms. The fraction of sp³-hybridized carbons (Fsp3) is 0.538. The highest BCUT2D eigenvalue weighted by Crippen LogP contribution is 2.04. The lowest BCUT2D eigenvalue weighted by Gasteiger charge is -2.25. The number of nitrogens with zero attached hydrogens (tertiary/aromatic N) is 1. The molecule has 0 unspecified atom stereocenters. The molecule has 0 atom stereocenters. The van der Waals surface area contributed by atoms with Crippen molar-refractivity contribution in [2.24, 2.45) is 0 Å². The fourth-order valence-corrected chi connectivity index (χ4v) is 1.64. The largest absolute Gasteiger partial charge is 0.472 e. The van der Waals surface area contributed by atoms with E-state index in [9.17, 15) is 14.7 Å². The van der Waals surface area contributed by atoms with Gasteiger partial charge in [-0.15, -0.1) is 0 Å². The molecule has 0 aliphatic heterocycles. The van der Waals surface area contributed by atoms with E-state index in [1.165, 1.54) is 17.4 Å². The maximum Gasteiger partial charge on any atom is 0.254 e. The highest BCUT2D eigenvalue weighted by molar-refractivity contribution is 5.93. The maximum absolute atomic E-state index is 11.7. The van der Waals surface area contributed by atoms with Crippen molar-refractivity contribution in [1.29, 1.82) is 0 Å². The van der Waals surface area contributed by atoms with Crippen LogP contribution in [0.3, 0.4) is 0 Å². The van der Waals surface area contributed by atoms with Crippen LogP contribution in [0.4, 0.5) is 0 Å². The Bertz CT molecular complexity index is 420. The van der Waals surface area contributed by atoms with Gasteiger partial charge in [-0.2, -0.15) is 0 Å². The molecule has 0 saturated heterocycles. The summed E-state index contributed by atoms with van der Waals surface area (Å²) in [7, 11) is 1.62. The zero-order valence-corrected chi connectivity index (χ0v) is 11.5. The minimum absolute atomic E-state index is 0.130. The van der Waals surface area contributed by atoms with Gasteiger partial charge in [0, 0.05) is 26.6 Å². The van der Waals surface area contributed by atoms with E-state index in [1.807, 2.05) is 0 Å². The van der Waals surface area contributed by atoms with Crippen LogP contribution in [-0.4, -0.2) is 47.6 Å². The molecule has 2 amide bonds. The minimum atomic E-state index is -0.926. The Kier molecular flexibility index (Phi) is 5.11. The molecule has 0 aromatic carbocycles. The van der Waals surface area contributed by atoms with Crippen LogP contribution in [0.1, 0.15) is 30.6 Å². The first kappa shape index (κ1) is 15.2. The number of likely N-dealkylation sites (N-methyl/N-ethyl adjacent to an activating group) is 1. The average Bonchev–Trinajstić information content (AvgIpc) is 2.79. The molecule has 0 aliphatic rings. The summed E-state index contributed by atoms with van der Waals surface area (Å²) in [6, 6.07) is 1.55. The number of nitrogens with one attached hydrogen (secondary N) is 1. The zero-order valence-electron chi connectivity index (χ0n) is 11.5. The van der Waals surface area contributed by atoms with Gasteiger partial charge in [-0.05, 0) is 19.9 Å². The van der Waals surface area contributed by atoms with E-state index in [4.69, 9.17) is 4.42 Å². The number of carbonyl (C=O) groups is 2. The summed E-state index contributed by atoms with van der Waals surface area (Å²) in [6.07, 6.45) is 2.95. The summed E-state index contributed by atoms with van der Waals surface area (Å²) in [5.74, 6) is -0.402. The van der Waals surface area contributed by atoms with Crippen LogP contribution in [0.2, 0.25) is 0 Å². The fourth-order valence-electron chi connectivity index (χ4n) is 1.64. The third-order valence-electron chi connectivity index (χ3n) is 2.46. The Hall–Kier alpha value is -1.82. The first-order chi connectivity index (χ1) is 8.79. The van der Waals surface area contributed by atoms with Crippen LogP contribution in [0.5, 0.6) is 0 Å². The second-order valence-corrected chi connectivity index (χ2v) is 5.08. The summed E-state index contributed by atoms with van der Waals surface area (Å²) in [5, 5.41) is 12.2. The zero-order chi connectivity index (χ0) is 14.5. The lowest BCUT2D eigenvalue weighted by atomic mass is 10.1. The van der Waals surface area contributed by atoms with Crippen LogP contribution in [0.25, 0.3) is 0 Å². The standard InChI is InChI=1S/C13H20N2O4/c1-13(2,18)9-15(3)11(16)4-6-14-12(17)10-5-7-19-8-10/h5,7-8,18H,4,6,9H2,1-3H3,(H,14,17). The molecule has 0 spiro atoms. The maximum atomic E-state index is 11.7. The van der Waals surface area contributed by atoms with E-state index in [1.54, 1.807) is 27.0 Å². The highest BCUT2D eigenvalue weighted by atomic mass is 16.3. The Balaban J connectivity index is 2.29. The quantitative estimate of drug-likeness (QED) is 0.792. The Morgan fingerprint density at radius 3 is 2.68 bits per heavy atom. The summed E-state index contributed by atoms with van der Waals surface area (Å²) >= 11 is 0. The van der Waals surface area contributed by atoms with Crippen molar-refractivity contribution in [3.05, 3.63) is 24.2 Å². The Morgan fingerprint density at radius 2 is 2.16 bits per heavy atom. The van der Waals surface area contributed by atoms with Gasteiger partial charge in [0.25, 0.3) is 5.91 Å². The summed E-state index contributed by atoms with van der Waals surface area (Å²) in [4.78, 5) is 24.7. The molecule has 1 aromatic heterocycles. The van der Waals surface area contributed by atoms with Gasteiger partial charge in [-0.1, -0.05) is 0 Å². The third-order valence-corrected chi connectivity index (χ3v) is 2.46. The van der Waals surface area contributed by atoms with Crippen molar-refractivity contribution < 1.29 is 19.1 Å². The van der Waals surface area contributed by atoms with Crippen molar-refractivity contribution in [1.82, 2.24) is 10.2 Å². The monoisotopic (exact) mass is 268 g/mol. The van der Waals surface area contributed by atoms with Crippen molar-refractivity contribution in [2.45, 2.75) is 25.9 Å². The van der Waals surface area contributed by atoms with E-state index in [0.29, 0.717) is 5.56 Å². The second kappa shape index (κ2) is 6.38. The number of furan rings is 1. The number of rotatable bonds is 6. The number of hydrogen-bond acceptors (Lipinski definition) is 4. The average molecular weight is 268 g/mol. The minimum Gasteiger partial charge on any atom is -0.472 e.